The van der Waals surface area contributed by atoms with Crippen LogP contribution in [0.25, 0.3) is 10.9 Å². The zero-order valence-corrected chi connectivity index (χ0v) is 16.6. The van der Waals surface area contributed by atoms with Crippen molar-refractivity contribution in [3.8, 4) is 5.75 Å². The van der Waals surface area contributed by atoms with Gasteiger partial charge in [0.1, 0.15) is 5.75 Å². The predicted octanol–water partition coefficient (Wildman–Crippen LogP) is 4.88. The molecule has 1 atom stereocenters. The number of rotatable bonds is 4. The predicted molar refractivity (Wildman–Crippen MR) is 109 cm³/mol. The van der Waals surface area contributed by atoms with E-state index in [-0.39, 0.29) is 12.1 Å². The fraction of sp³-hybridized carbons (Fsp3) is 0.318. The van der Waals surface area contributed by atoms with Crippen molar-refractivity contribution in [1.82, 2.24) is 9.99 Å². The lowest BCUT2D eigenvalue weighted by molar-refractivity contribution is 0.118. The van der Waals surface area contributed by atoms with Crippen molar-refractivity contribution in [2.24, 2.45) is 5.92 Å². The van der Waals surface area contributed by atoms with Gasteiger partial charge in [0.2, 0.25) is 0 Å². The standard InChI is InChI=1S/C22H25N3O3/c1-14(2)20-19-21(17-7-5-6-8-18(17)23-19)25(22(26)28-4)24(20)13-15-9-11-16(27-3)12-10-15/h5-12,14,20,23H,13H2,1-4H3. The van der Waals surface area contributed by atoms with Gasteiger partial charge in [0, 0.05) is 17.4 Å². The molecule has 0 aliphatic carbocycles. The molecule has 2 heterocycles. The van der Waals surface area contributed by atoms with Gasteiger partial charge in [-0.1, -0.05) is 44.2 Å². The van der Waals surface area contributed by atoms with Gasteiger partial charge in [-0.05, 0) is 29.7 Å². The summed E-state index contributed by atoms with van der Waals surface area (Å²) in [6.07, 6.45) is -0.386. The van der Waals surface area contributed by atoms with E-state index in [0.717, 1.165) is 33.6 Å². The molecular weight excluding hydrogens is 354 g/mol. The van der Waals surface area contributed by atoms with Crippen LogP contribution < -0.4 is 9.75 Å². The van der Waals surface area contributed by atoms with Gasteiger partial charge in [0.25, 0.3) is 0 Å². The molecule has 1 aliphatic heterocycles. The number of benzene rings is 2. The number of hydrogen-bond donors (Lipinski definition) is 1. The van der Waals surface area contributed by atoms with Crippen molar-refractivity contribution in [2.45, 2.75) is 26.4 Å². The Hall–Kier alpha value is -2.99. The largest absolute Gasteiger partial charge is 0.497 e. The van der Waals surface area contributed by atoms with Gasteiger partial charge in [0.15, 0.2) is 0 Å². The first-order chi connectivity index (χ1) is 13.5. The molecule has 0 saturated heterocycles. The maximum atomic E-state index is 12.8. The van der Waals surface area contributed by atoms with Crippen molar-refractivity contribution in [3.63, 3.8) is 0 Å². The zero-order chi connectivity index (χ0) is 19.8. The number of nitrogens with zero attached hydrogens (tertiary/aromatic N) is 2. The second-order valence-corrected chi connectivity index (χ2v) is 7.35. The number of H-pyrrole nitrogens is 1. The highest BCUT2D eigenvalue weighted by atomic mass is 16.5. The van der Waals surface area contributed by atoms with Crippen molar-refractivity contribution in [2.75, 3.05) is 19.2 Å². The van der Waals surface area contributed by atoms with Crippen LogP contribution in [0.1, 0.15) is 31.1 Å². The summed E-state index contributed by atoms with van der Waals surface area (Å²) in [6.45, 7) is 4.92. The molecule has 0 bridgehead atoms. The van der Waals surface area contributed by atoms with E-state index in [9.17, 15) is 4.79 Å². The quantitative estimate of drug-likeness (QED) is 0.702. The number of aromatic amines is 1. The number of carbonyl (C=O) groups is 1. The van der Waals surface area contributed by atoms with Crippen LogP contribution in [0.4, 0.5) is 10.5 Å². The molecule has 3 aromatic rings. The Morgan fingerprint density at radius 1 is 1.11 bits per heavy atom. The van der Waals surface area contributed by atoms with Crippen molar-refractivity contribution in [3.05, 3.63) is 59.8 Å². The molecule has 6 nitrogen and oxygen atoms in total. The Morgan fingerprint density at radius 3 is 2.46 bits per heavy atom. The topological polar surface area (TPSA) is 57.8 Å². The minimum Gasteiger partial charge on any atom is -0.497 e. The van der Waals surface area contributed by atoms with Gasteiger partial charge in [-0.15, -0.1) is 0 Å². The molecule has 1 amide bonds. The number of fused-ring (bicyclic) bond motifs is 3. The molecule has 0 spiro atoms. The van der Waals surface area contributed by atoms with E-state index in [1.807, 2.05) is 48.5 Å². The van der Waals surface area contributed by atoms with Gasteiger partial charge in [0.05, 0.1) is 31.6 Å². The molecule has 1 aliphatic rings. The highest BCUT2D eigenvalue weighted by molar-refractivity contribution is 6.03. The van der Waals surface area contributed by atoms with E-state index in [2.05, 4.69) is 23.8 Å². The molecule has 1 aromatic heterocycles. The number of para-hydroxylation sites is 1. The molecule has 2 aromatic carbocycles. The Morgan fingerprint density at radius 2 is 1.82 bits per heavy atom. The number of hydrogen-bond acceptors (Lipinski definition) is 4. The summed E-state index contributed by atoms with van der Waals surface area (Å²) in [4.78, 5) is 16.4. The lowest BCUT2D eigenvalue weighted by Crippen LogP contribution is -2.44. The Balaban J connectivity index is 1.81. The molecule has 1 unspecified atom stereocenters. The SMILES string of the molecule is COC(=O)N1c2c([nH]c3ccccc23)C(C(C)C)N1Cc1ccc(OC)cc1. The highest BCUT2D eigenvalue weighted by Gasteiger charge is 2.44. The molecular formula is C22H25N3O3. The average Bonchev–Trinajstić information content (AvgIpc) is 3.21. The number of amides is 1. The number of methoxy groups -OCH3 is 2. The summed E-state index contributed by atoms with van der Waals surface area (Å²) in [6, 6.07) is 16.0. The third-order valence-corrected chi connectivity index (χ3v) is 5.27. The van der Waals surface area contributed by atoms with E-state index < -0.39 is 0 Å². The summed E-state index contributed by atoms with van der Waals surface area (Å²) in [5, 5.41) is 4.79. The molecule has 28 heavy (non-hydrogen) atoms. The smallest absolute Gasteiger partial charge is 0.429 e. The third-order valence-electron chi connectivity index (χ3n) is 5.27. The summed E-state index contributed by atoms with van der Waals surface area (Å²) in [5.74, 6) is 1.10. The third kappa shape index (κ3) is 2.90. The zero-order valence-electron chi connectivity index (χ0n) is 16.6. The van der Waals surface area contributed by atoms with Gasteiger partial charge >= 0.3 is 6.09 Å². The van der Waals surface area contributed by atoms with E-state index >= 15 is 0 Å². The number of anilines is 1. The minimum atomic E-state index is -0.386. The number of nitrogens with one attached hydrogen (secondary N) is 1. The van der Waals surface area contributed by atoms with Gasteiger partial charge < -0.3 is 14.5 Å². The fourth-order valence-electron chi connectivity index (χ4n) is 4.04. The van der Waals surface area contributed by atoms with E-state index in [1.165, 1.54) is 7.11 Å². The van der Waals surface area contributed by atoms with Crippen LogP contribution in [0, 0.1) is 5.92 Å². The van der Waals surface area contributed by atoms with Crippen LogP contribution >= 0.6 is 0 Å². The van der Waals surface area contributed by atoms with Gasteiger partial charge in [-0.3, -0.25) is 0 Å². The summed E-state index contributed by atoms with van der Waals surface area (Å²) >= 11 is 0. The van der Waals surface area contributed by atoms with Crippen LogP contribution in [0.15, 0.2) is 48.5 Å². The maximum absolute atomic E-state index is 12.8. The molecule has 4 rings (SSSR count). The van der Waals surface area contributed by atoms with E-state index in [0.29, 0.717) is 12.5 Å². The first kappa shape index (κ1) is 18.4. The van der Waals surface area contributed by atoms with Crippen LogP contribution in [-0.2, 0) is 11.3 Å². The number of carbonyl (C=O) groups excluding carboxylic acids is 1. The second kappa shape index (κ2) is 7.20. The number of aromatic nitrogens is 1. The van der Waals surface area contributed by atoms with Crippen LogP contribution in [0.3, 0.4) is 0 Å². The normalized spacial score (nSPS) is 16.6. The van der Waals surface area contributed by atoms with Crippen molar-refractivity contribution in [1.29, 1.82) is 0 Å². The van der Waals surface area contributed by atoms with Crippen LogP contribution in [-0.4, -0.2) is 30.3 Å². The minimum absolute atomic E-state index is 0.0311. The van der Waals surface area contributed by atoms with Crippen LogP contribution in [0.5, 0.6) is 5.75 Å². The van der Waals surface area contributed by atoms with E-state index in [1.54, 1.807) is 12.1 Å². The van der Waals surface area contributed by atoms with Crippen LogP contribution in [0.2, 0.25) is 0 Å². The molecule has 6 heteroatoms. The molecule has 0 fully saturated rings. The Bertz CT molecular complexity index is 994. The van der Waals surface area contributed by atoms with Crippen molar-refractivity contribution >= 4 is 22.7 Å². The fourth-order valence-corrected chi connectivity index (χ4v) is 4.04. The maximum Gasteiger partial charge on any atom is 0.429 e. The Labute approximate surface area is 164 Å². The number of hydrazine groups is 1. The van der Waals surface area contributed by atoms with E-state index in [4.69, 9.17) is 9.47 Å². The lowest BCUT2D eigenvalue weighted by Gasteiger charge is -2.33. The molecule has 0 saturated carbocycles. The molecule has 1 N–H and O–H groups in total. The molecule has 0 radical (unpaired) electrons. The summed E-state index contributed by atoms with van der Waals surface area (Å²) in [7, 11) is 3.08. The van der Waals surface area contributed by atoms with Gasteiger partial charge in [-0.2, -0.15) is 5.01 Å². The molecule has 146 valence electrons. The van der Waals surface area contributed by atoms with Gasteiger partial charge in [-0.25, -0.2) is 9.80 Å². The Kier molecular flexibility index (Phi) is 4.73. The first-order valence-electron chi connectivity index (χ1n) is 9.43. The van der Waals surface area contributed by atoms with Crippen molar-refractivity contribution < 1.29 is 14.3 Å². The lowest BCUT2D eigenvalue weighted by atomic mass is 10.0. The average molecular weight is 379 g/mol. The highest BCUT2D eigenvalue weighted by Crippen LogP contribution is 2.48. The summed E-state index contributed by atoms with van der Waals surface area (Å²) < 4.78 is 10.4. The number of ether oxygens (including phenoxy) is 2. The second-order valence-electron chi connectivity index (χ2n) is 7.35. The monoisotopic (exact) mass is 379 g/mol. The summed E-state index contributed by atoms with van der Waals surface area (Å²) in [5.41, 5.74) is 4.05. The first-order valence-corrected chi connectivity index (χ1v) is 9.43.